The van der Waals surface area contributed by atoms with E-state index >= 15 is 0 Å². The molecule has 2 saturated heterocycles. The molecule has 2 aliphatic heterocycles. The van der Waals surface area contributed by atoms with E-state index in [1.165, 1.54) is 10.4 Å². The molecule has 3 heterocycles. The van der Waals surface area contributed by atoms with Crippen molar-refractivity contribution in [1.29, 1.82) is 0 Å². The van der Waals surface area contributed by atoms with Crippen LogP contribution in [0.15, 0.2) is 33.7 Å². The van der Waals surface area contributed by atoms with Crippen LogP contribution in [-0.4, -0.2) is 83.9 Å². The molecule has 0 saturated carbocycles. The third-order valence-corrected chi connectivity index (χ3v) is 8.42. The molecule has 178 valence electrons. The summed E-state index contributed by atoms with van der Waals surface area (Å²) in [6.07, 6.45) is 1.20. The van der Waals surface area contributed by atoms with Crippen molar-refractivity contribution in [3.05, 3.63) is 41.3 Å². The van der Waals surface area contributed by atoms with Gasteiger partial charge < -0.3 is 19.4 Å². The minimum absolute atomic E-state index is 0.0668. The van der Waals surface area contributed by atoms with E-state index in [9.17, 15) is 23.1 Å². The van der Waals surface area contributed by atoms with Crippen LogP contribution in [0.2, 0.25) is 0 Å². The summed E-state index contributed by atoms with van der Waals surface area (Å²) < 4.78 is 32.7. The van der Waals surface area contributed by atoms with E-state index in [2.05, 4.69) is 5.16 Å². The lowest BCUT2D eigenvalue weighted by molar-refractivity contribution is -0.138. The van der Waals surface area contributed by atoms with Gasteiger partial charge in [-0.15, -0.1) is 0 Å². The first-order valence-electron chi connectivity index (χ1n) is 11.0. The minimum Gasteiger partial charge on any atom is -0.507 e. The highest BCUT2D eigenvalue weighted by atomic mass is 32.2. The Labute approximate surface area is 192 Å². The Morgan fingerprint density at radius 3 is 2.36 bits per heavy atom. The topological polar surface area (TPSA) is 124 Å². The van der Waals surface area contributed by atoms with Crippen molar-refractivity contribution < 1.29 is 27.6 Å². The van der Waals surface area contributed by atoms with Gasteiger partial charge in [0.1, 0.15) is 16.3 Å². The second-order valence-electron chi connectivity index (χ2n) is 8.49. The lowest BCUT2D eigenvalue weighted by atomic mass is 9.97. The van der Waals surface area contributed by atoms with Crippen molar-refractivity contribution in [2.75, 3.05) is 39.3 Å². The quantitative estimate of drug-likeness (QED) is 0.707. The molecular formula is C22H28N4O6S. The van der Waals surface area contributed by atoms with Gasteiger partial charge in [-0.1, -0.05) is 17.3 Å². The first kappa shape index (κ1) is 23.2. The normalized spacial score (nSPS) is 20.1. The predicted octanol–water partition coefficient (Wildman–Crippen LogP) is 1.38. The van der Waals surface area contributed by atoms with Crippen LogP contribution in [0.1, 0.15) is 34.7 Å². The number of rotatable bonds is 4. The molecule has 2 aromatic rings. The highest BCUT2D eigenvalue weighted by Crippen LogP contribution is 2.29. The molecule has 2 amide bonds. The predicted molar refractivity (Wildman–Crippen MR) is 118 cm³/mol. The Kier molecular flexibility index (Phi) is 6.44. The van der Waals surface area contributed by atoms with Crippen LogP contribution in [0.3, 0.4) is 0 Å². The highest BCUT2D eigenvalue weighted by Gasteiger charge is 2.38. The summed E-state index contributed by atoms with van der Waals surface area (Å²) in [6, 6.07) is 6.39. The van der Waals surface area contributed by atoms with Gasteiger partial charge in [0, 0.05) is 39.3 Å². The zero-order valence-electron chi connectivity index (χ0n) is 18.7. The number of carbonyl (C=O) groups excluding carboxylic acids is 2. The number of phenolic OH excluding ortho intramolecular Hbond substituents is 1. The Hall–Kier alpha value is -2.92. The Morgan fingerprint density at radius 1 is 1.06 bits per heavy atom. The second kappa shape index (κ2) is 9.14. The van der Waals surface area contributed by atoms with Gasteiger partial charge in [-0.05, 0) is 38.8 Å². The van der Waals surface area contributed by atoms with Gasteiger partial charge in [-0.25, -0.2) is 8.42 Å². The van der Waals surface area contributed by atoms with E-state index in [-0.39, 0.29) is 40.3 Å². The molecule has 0 bridgehead atoms. The molecule has 4 rings (SSSR count). The maximum atomic E-state index is 13.2. The third-order valence-electron chi connectivity index (χ3n) is 6.31. The zero-order chi connectivity index (χ0) is 23.8. The number of aromatic nitrogens is 1. The average Bonchev–Trinajstić information content (AvgIpc) is 3.17. The number of aromatic hydroxyl groups is 1. The molecule has 0 aliphatic carbocycles. The van der Waals surface area contributed by atoms with Crippen LogP contribution in [-0.2, 0) is 14.8 Å². The highest BCUT2D eigenvalue weighted by molar-refractivity contribution is 7.89. The van der Waals surface area contributed by atoms with E-state index in [4.69, 9.17) is 4.52 Å². The van der Waals surface area contributed by atoms with Gasteiger partial charge >= 0.3 is 0 Å². The lowest BCUT2D eigenvalue weighted by Crippen LogP contribution is -2.54. The van der Waals surface area contributed by atoms with E-state index < -0.39 is 15.9 Å². The van der Waals surface area contributed by atoms with Crippen LogP contribution < -0.4 is 0 Å². The fourth-order valence-corrected chi connectivity index (χ4v) is 6.36. The van der Waals surface area contributed by atoms with E-state index in [1.807, 2.05) is 0 Å². The van der Waals surface area contributed by atoms with Crippen molar-refractivity contribution >= 4 is 21.8 Å². The molecule has 2 aliphatic rings. The van der Waals surface area contributed by atoms with Crippen LogP contribution >= 0.6 is 0 Å². The van der Waals surface area contributed by atoms with Crippen molar-refractivity contribution in [3.8, 4) is 5.75 Å². The standard InChI is InChI=1S/C22H28N4O6S/c1-15-20(16(2)32-23-15)33(30,31)26-9-5-6-17(14-26)21(28)24-10-12-25(13-11-24)22(29)18-7-3-4-8-19(18)27/h3-4,7-8,17,27H,5-6,9-14H2,1-2H3. The number of amides is 2. The number of sulfonamides is 1. The number of carbonyl (C=O) groups is 2. The van der Waals surface area contributed by atoms with Gasteiger partial charge in [-0.3, -0.25) is 9.59 Å². The van der Waals surface area contributed by atoms with Gasteiger partial charge in [0.2, 0.25) is 15.9 Å². The summed E-state index contributed by atoms with van der Waals surface area (Å²) in [7, 11) is -3.80. The monoisotopic (exact) mass is 476 g/mol. The fraction of sp³-hybridized carbons (Fsp3) is 0.500. The van der Waals surface area contributed by atoms with E-state index in [1.54, 1.807) is 41.8 Å². The van der Waals surface area contributed by atoms with Crippen LogP contribution in [0.4, 0.5) is 0 Å². The minimum atomic E-state index is -3.80. The van der Waals surface area contributed by atoms with Crippen LogP contribution in [0.25, 0.3) is 0 Å². The number of hydrogen-bond acceptors (Lipinski definition) is 7. The number of nitrogens with zero attached hydrogens (tertiary/aromatic N) is 4. The molecule has 33 heavy (non-hydrogen) atoms. The summed E-state index contributed by atoms with van der Waals surface area (Å²) >= 11 is 0. The van der Waals surface area contributed by atoms with Crippen molar-refractivity contribution in [1.82, 2.24) is 19.3 Å². The van der Waals surface area contributed by atoms with Crippen LogP contribution in [0.5, 0.6) is 5.75 Å². The molecule has 1 aromatic carbocycles. The maximum Gasteiger partial charge on any atom is 0.257 e. The Bertz CT molecular complexity index is 1130. The van der Waals surface area contributed by atoms with Gasteiger partial charge in [0.05, 0.1) is 11.5 Å². The molecular weight excluding hydrogens is 448 g/mol. The van der Waals surface area contributed by atoms with E-state index in [0.717, 1.165) is 0 Å². The molecule has 2 fully saturated rings. The SMILES string of the molecule is Cc1noc(C)c1S(=O)(=O)N1CCCC(C(=O)N2CCN(C(=O)c3ccccc3O)CC2)C1. The zero-order valence-corrected chi connectivity index (χ0v) is 19.5. The summed E-state index contributed by atoms with van der Waals surface area (Å²) in [5.74, 6) is -0.624. The van der Waals surface area contributed by atoms with Gasteiger partial charge in [0.25, 0.3) is 5.91 Å². The molecule has 10 nitrogen and oxygen atoms in total. The Morgan fingerprint density at radius 2 is 1.73 bits per heavy atom. The molecule has 11 heteroatoms. The maximum absolute atomic E-state index is 13.2. The van der Waals surface area contributed by atoms with Crippen LogP contribution in [0, 0.1) is 19.8 Å². The summed E-state index contributed by atoms with van der Waals surface area (Å²) in [5, 5.41) is 13.7. The number of benzene rings is 1. The number of hydrogen-bond donors (Lipinski definition) is 1. The van der Waals surface area contributed by atoms with Gasteiger partial charge in [0.15, 0.2) is 5.76 Å². The smallest absolute Gasteiger partial charge is 0.257 e. The van der Waals surface area contributed by atoms with Crippen molar-refractivity contribution in [3.63, 3.8) is 0 Å². The van der Waals surface area contributed by atoms with E-state index in [0.29, 0.717) is 51.3 Å². The second-order valence-corrected chi connectivity index (χ2v) is 10.4. The largest absolute Gasteiger partial charge is 0.507 e. The van der Waals surface area contributed by atoms with Gasteiger partial charge in [-0.2, -0.15) is 4.31 Å². The number of aryl methyl sites for hydroxylation is 2. The van der Waals surface area contributed by atoms with Crippen molar-refractivity contribution in [2.45, 2.75) is 31.6 Å². The first-order chi connectivity index (χ1) is 15.7. The number of piperazine rings is 1. The van der Waals surface area contributed by atoms with Crippen molar-refractivity contribution in [2.24, 2.45) is 5.92 Å². The number of para-hydroxylation sites is 1. The molecule has 0 spiro atoms. The molecule has 0 radical (unpaired) electrons. The molecule has 1 atom stereocenters. The number of piperidine rings is 1. The summed E-state index contributed by atoms with van der Waals surface area (Å²) in [5.41, 5.74) is 0.552. The average molecular weight is 477 g/mol. The Balaban J connectivity index is 1.39. The third kappa shape index (κ3) is 4.47. The lowest BCUT2D eigenvalue weighted by Gasteiger charge is -2.38. The molecule has 1 aromatic heterocycles. The summed E-state index contributed by atoms with van der Waals surface area (Å²) in [6.45, 7) is 5.05. The fourth-order valence-electron chi connectivity index (χ4n) is 4.55. The summed E-state index contributed by atoms with van der Waals surface area (Å²) in [4.78, 5) is 29.3. The molecule has 1 unspecified atom stereocenters. The molecule has 1 N–H and O–H groups in total. The number of phenols is 1. The first-order valence-corrected chi connectivity index (χ1v) is 12.4.